The van der Waals surface area contributed by atoms with Crippen LogP contribution >= 0.6 is 0 Å². The van der Waals surface area contributed by atoms with Gasteiger partial charge in [0.25, 0.3) is 0 Å². The number of rotatable bonds is 4. The highest BCUT2D eigenvalue weighted by atomic mass is 14.5. The molecule has 0 heteroatoms. The zero-order valence-corrected chi connectivity index (χ0v) is 31.8. The van der Waals surface area contributed by atoms with Crippen molar-refractivity contribution < 1.29 is 0 Å². The molecule has 0 saturated heterocycles. The Kier molecular flexibility index (Phi) is 6.02. The maximum absolute atomic E-state index is 2.73. The van der Waals surface area contributed by atoms with Crippen molar-refractivity contribution in [2.45, 2.75) is 154 Å². The monoisotopic (exact) mass is 632 g/mol. The van der Waals surface area contributed by atoms with Crippen LogP contribution in [0.25, 0.3) is 0 Å². The molecule has 0 atom stereocenters. The smallest absolute Gasteiger partial charge is 0.0152 e. The summed E-state index contributed by atoms with van der Waals surface area (Å²) in [5.41, 5.74) is 25.0. The van der Waals surface area contributed by atoms with Crippen molar-refractivity contribution in [3.05, 3.63) is 138 Å². The van der Waals surface area contributed by atoms with Crippen LogP contribution in [0.2, 0.25) is 0 Å². The van der Waals surface area contributed by atoms with Crippen LogP contribution in [0.1, 0.15) is 221 Å². The van der Waals surface area contributed by atoms with E-state index in [1.807, 2.05) is 0 Å². The molecule has 0 fully saturated rings. The molecule has 8 rings (SSSR count). The fraction of sp³-hybridized carbons (Fsp3) is 0.500. The summed E-state index contributed by atoms with van der Waals surface area (Å²) in [5, 5.41) is 0. The summed E-state index contributed by atoms with van der Waals surface area (Å²) in [5.74, 6) is 1.71. The van der Waals surface area contributed by atoms with Crippen LogP contribution in [-0.2, 0) is 21.7 Å². The summed E-state index contributed by atoms with van der Waals surface area (Å²) in [7, 11) is 0. The van der Waals surface area contributed by atoms with Gasteiger partial charge in [-0.25, -0.2) is 0 Å². The van der Waals surface area contributed by atoms with Crippen LogP contribution in [0.15, 0.2) is 48.5 Å². The van der Waals surface area contributed by atoms with E-state index in [-0.39, 0.29) is 21.7 Å². The zero-order valence-electron chi connectivity index (χ0n) is 31.8. The number of benzene rings is 4. The van der Waals surface area contributed by atoms with Crippen LogP contribution in [0.3, 0.4) is 0 Å². The molecule has 0 nitrogen and oxygen atoms in total. The Bertz CT molecular complexity index is 1670. The highest BCUT2D eigenvalue weighted by molar-refractivity contribution is 5.71. The molecule has 48 heavy (non-hydrogen) atoms. The SMILES string of the molecule is CCC1c2cc3c4cc2C(C)(C)c2cc5c(cc21)C(CC)c1cc2c(cc1C5(C)C)C(C)(C)c1cc(c(cc1C2CC)C3CC)C4(C)C. The van der Waals surface area contributed by atoms with Gasteiger partial charge in [-0.1, -0.05) is 132 Å². The molecule has 248 valence electrons. The average molecular weight is 633 g/mol. The Morgan fingerprint density at radius 2 is 0.438 bits per heavy atom. The number of hydrogen-bond acceptors (Lipinski definition) is 0. The van der Waals surface area contributed by atoms with Gasteiger partial charge >= 0.3 is 0 Å². The standard InChI is InChI=1S/C48H56/c1-13-25-29-17-31-26(14-2)33-19-35-28(16-4)36-20-34-27(15-3)32-18-30(25)38-22-40(32)47(9,10)42(34)24-44(36)48(11,12)43(35)23-41(33)46(7,8)39(31)21-37(29)45(38,5)6/h17-28H,13-16H2,1-12H3. The summed E-state index contributed by atoms with van der Waals surface area (Å²) in [6, 6.07) is 21.8. The molecule has 0 spiro atoms. The summed E-state index contributed by atoms with van der Waals surface area (Å²) < 4.78 is 0. The van der Waals surface area contributed by atoms with Crippen molar-refractivity contribution in [1.29, 1.82) is 0 Å². The molecule has 0 N–H and O–H groups in total. The molecule has 0 aliphatic heterocycles. The van der Waals surface area contributed by atoms with E-state index in [1.54, 1.807) is 89.0 Å². The molecule has 4 aliphatic rings. The molecule has 0 unspecified atom stereocenters. The number of fused-ring (bicyclic) bond motifs is 8. The lowest BCUT2D eigenvalue weighted by Crippen LogP contribution is -2.38. The first-order chi connectivity index (χ1) is 22.6. The molecule has 0 saturated carbocycles. The largest absolute Gasteiger partial charge is 0.0645 e. The summed E-state index contributed by atoms with van der Waals surface area (Å²) in [6.45, 7) is 30.0. The van der Waals surface area contributed by atoms with E-state index < -0.39 is 0 Å². The minimum Gasteiger partial charge on any atom is -0.0645 e. The van der Waals surface area contributed by atoms with Gasteiger partial charge in [-0.15, -0.1) is 0 Å². The first-order valence-electron chi connectivity index (χ1n) is 19.4. The van der Waals surface area contributed by atoms with Crippen molar-refractivity contribution in [3.63, 3.8) is 0 Å². The first-order valence-corrected chi connectivity index (χ1v) is 19.4. The molecular weight excluding hydrogens is 577 g/mol. The maximum atomic E-state index is 2.73. The van der Waals surface area contributed by atoms with Gasteiger partial charge in [0.05, 0.1) is 0 Å². The van der Waals surface area contributed by atoms with E-state index in [0.29, 0.717) is 23.7 Å². The van der Waals surface area contributed by atoms with Gasteiger partial charge in [-0.2, -0.15) is 0 Å². The zero-order chi connectivity index (χ0) is 34.0. The van der Waals surface area contributed by atoms with Gasteiger partial charge in [0.1, 0.15) is 0 Å². The normalized spacial score (nSPS) is 26.1. The topological polar surface area (TPSA) is 0 Å². The number of hydrogen-bond donors (Lipinski definition) is 0. The maximum Gasteiger partial charge on any atom is 0.0152 e. The van der Waals surface area contributed by atoms with Gasteiger partial charge in [0, 0.05) is 45.3 Å². The Labute approximate surface area is 290 Å². The quantitative estimate of drug-likeness (QED) is 0.210. The Hall–Kier alpha value is -3.12. The molecule has 0 heterocycles. The van der Waals surface area contributed by atoms with Crippen molar-refractivity contribution in [1.82, 2.24) is 0 Å². The summed E-state index contributed by atoms with van der Waals surface area (Å²) in [4.78, 5) is 0. The Balaban J connectivity index is 1.52. The van der Waals surface area contributed by atoms with Gasteiger partial charge in [-0.3, -0.25) is 0 Å². The van der Waals surface area contributed by atoms with Crippen molar-refractivity contribution in [2.75, 3.05) is 0 Å². The molecule has 0 aromatic heterocycles. The third-order valence-electron chi connectivity index (χ3n) is 14.9. The van der Waals surface area contributed by atoms with E-state index in [1.165, 1.54) is 0 Å². The van der Waals surface area contributed by atoms with Crippen LogP contribution in [0.5, 0.6) is 0 Å². The lowest BCUT2D eigenvalue weighted by molar-refractivity contribution is 0.520. The predicted molar refractivity (Wildman–Crippen MR) is 203 cm³/mol. The Morgan fingerprint density at radius 1 is 0.292 bits per heavy atom. The predicted octanol–water partition coefficient (Wildman–Crippen LogP) is 12.7. The van der Waals surface area contributed by atoms with Gasteiger partial charge in [0.15, 0.2) is 0 Å². The summed E-state index contributed by atoms with van der Waals surface area (Å²) >= 11 is 0. The van der Waals surface area contributed by atoms with Gasteiger partial charge in [0.2, 0.25) is 0 Å². The molecule has 4 aliphatic carbocycles. The third-order valence-corrected chi connectivity index (χ3v) is 14.9. The highest BCUT2D eigenvalue weighted by Crippen LogP contribution is 2.60. The molecule has 0 amide bonds. The van der Waals surface area contributed by atoms with Crippen LogP contribution in [0.4, 0.5) is 0 Å². The lowest BCUT2D eigenvalue weighted by atomic mass is 9.54. The summed E-state index contributed by atoms with van der Waals surface area (Å²) in [6.07, 6.45) is 4.54. The van der Waals surface area contributed by atoms with E-state index in [4.69, 9.17) is 0 Å². The van der Waals surface area contributed by atoms with Crippen LogP contribution < -0.4 is 0 Å². The van der Waals surface area contributed by atoms with Crippen molar-refractivity contribution in [2.24, 2.45) is 0 Å². The van der Waals surface area contributed by atoms with E-state index in [2.05, 4.69) is 132 Å². The molecular formula is C48H56. The minimum absolute atomic E-state index is 0.0700. The molecule has 0 bridgehead atoms. The third kappa shape index (κ3) is 3.39. The lowest BCUT2D eigenvalue weighted by Gasteiger charge is -2.49. The average Bonchev–Trinajstić information content (AvgIpc) is 3.04. The van der Waals surface area contributed by atoms with Crippen LogP contribution in [0, 0.1) is 0 Å². The fourth-order valence-electron chi connectivity index (χ4n) is 12.2. The molecule has 0 radical (unpaired) electrons. The second kappa shape index (κ2) is 9.35. The van der Waals surface area contributed by atoms with Crippen LogP contribution in [-0.4, -0.2) is 0 Å². The van der Waals surface area contributed by atoms with E-state index in [9.17, 15) is 0 Å². The first kappa shape index (κ1) is 30.9. The second-order valence-corrected chi connectivity index (χ2v) is 18.5. The van der Waals surface area contributed by atoms with E-state index in [0.717, 1.165) is 25.7 Å². The molecule has 4 aromatic rings. The van der Waals surface area contributed by atoms with Crippen molar-refractivity contribution in [3.8, 4) is 0 Å². The second-order valence-electron chi connectivity index (χ2n) is 18.5. The van der Waals surface area contributed by atoms with Gasteiger partial charge < -0.3 is 0 Å². The highest BCUT2D eigenvalue weighted by Gasteiger charge is 2.48. The van der Waals surface area contributed by atoms with Gasteiger partial charge in [-0.05, 0) is 115 Å². The molecule has 4 aromatic carbocycles. The fourth-order valence-corrected chi connectivity index (χ4v) is 12.2. The van der Waals surface area contributed by atoms with E-state index >= 15 is 0 Å². The van der Waals surface area contributed by atoms with Crippen molar-refractivity contribution >= 4 is 0 Å². The Morgan fingerprint density at radius 3 is 0.562 bits per heavy atom. The minimum atomic E-state index is -0.0700.